The minimum Gasteiger partial charge on any atom is -0.353 e. The van der Waals surface area contributed by atoms with Gasteiger partial charge in [-0.25, -0.2) is 0 Å². The fourth-order valence-electron chi connectivity index (χ4n) is 3.43. The SMILES string of the molecule is O=C(Cc1ccc(NC(=O)C2CC(=O)N(Cc3ccccn3)C2)cc1)NC1CC1. The fraction of sp³-hybridized carbons (Fsp3) is 0.364. The lowest BCUT2D eigenvalue weighted by Gasteiger charge is -2.16. The van der Waals surface area contributed by atoms with Gasteiger partial charge in [0.05, 0.1) is 24.6 Å². The molecule has 1 aromatic carbocycles. The number of hydrogen-bond donors (Lipinski definition) is 2. The lowest BCUT2D eigenvalue weighted by molar-refractivity contribution is -0.128. The zero-order valence-corrected chi connectivity index (χ0v) is 16.1. The average molecular weight is 392 g/mol. The molecule has 2 aliphatic rings. The molecule has 1 saturated heterocycles. The molecule has 0 radical (unpaired) electrons. The van der Waals surface area contributed by atoms with E-state index in [1.54, 1.807) is 23.2 Å². The van der Waals surface area contributed by atoms with Crippen molar-refractivity contribution in [3.05, 3.63) is 59.9 Å². The van der Waals surface area contributed by atoms with Gasteiger partial charge in [0.1, 0.15) is 0 Å². The highest BCUT2D eigenvalue weighted by Crippen LogP contribution is 2.22. The number of nitrogens with one attached hydrogen (secondary N) is 2. The number of amides is 3. The van der Waals surface area contributed by atoms with Gasteiger partial charge in [-0.2, -0.15) is 0 Å². The van der Waals surface area contributed by atoms with Gasteiger partial charge >= 0.3 is 0 Å². The van der Waals surface area contributed by atoms with Crippen LogP contribution in [0.25, 0.3) is 0 Å². The number of benzene rings is 1. The molecule has 150 valence electrons. The first-order valence-electron chi connectivity index (χ1n) is 9.93. The number of nitrogens with zero attached hydrogens (tertiary/aromatic N) is 2. The van der Waals surface area contributed by atoms with Gasteiger partial charge in [-0.3, -0.25) is 19.4 Å². The highest BCUT2D eigenvalue weighted by atomic mass is 16.2. The molecule has 2 heterocycles. The maximum Gasteiger partial charge on any atom is 0.229 e. The Morgan fingerprint density at radius 1 is 1.10 bits per heavy atom. The maximum absolute atomic E-state index is 12.6. The summed E-state index contributed by atoms with van der Waals surface area (Å²) in [7, 11) is 0. The Kier molecular flexibility index (Phi) is 5.55. The molecular weight excluding hydrogens is 368 g/mol. The van der Waals surface area contributed by atoms with Gasteiger partial charge in [0.15, 0.2) is 0 Å². The monoisotopic (exact) mass is 392 g/mol. The van der Waals surface area contributed by atoms with Gasteiger partial charge < -0.3 is 15.5 Å². The smallest absolute Gasteiger partial charge is 0.229 e. The van der Waals surface area contributed by atoms with E-state index in [0.29, 0.717) is 31.2 Å². The lowest BCUT2D eigenvalue weighted by Crippen LogP contribution is -2.28. The van der Waals surface area contributed by atoms with Crippen LogP contribution in [0, 0.1) is 5.92 Å². The molecule has 1 saturated carbocycles. The van der Waals surface area contributed by atoms with Gasteiger partial charge in [-0.1, -0.05) is 18.2 Å². The van der Waals surface area contributed by atoms with Gasteiger partial charge in [0.2, 0.25) is 17.7 Å². The molecule has 2 N–H and O–H groups in total. The summed E-state index contributed by atoms with van der Waals surface area (Å²) in [6.45, 7) is 0.807. The van der Waals surface area contributed by atoms with E-state index >= 15 is 0 Å². The predicted molar refractivity (Wildman–Crippen MR) is 108 cm³/mol. The fourth-order valence-corrected chi connectivity index (χ4v) is 3.43. The topological polar surface area (TPSA) is 91.4 Å². The molecule has 29 heavy (non-hydrogen) atoms. The summed E-state index contributed by atoms with van der Waals surface area (Å²) in [4.78, 5) is 42.6. The predicted octanol–water partition coefficient (Wildman–Crippen LogP) is 1.89. The Morgan fingerprint density at radius 2 is 1.90 bits per heavy atom. The minimum atomic E-state index is -0.379. The van der Waals surface area contributed by atoms with Crippen LogP contribution in [0.5, 0.6) is 0 Å². The quantitative estimate of drug-likeness (QED) is 0.753. The summed E-state index contributed by atoms with van der Waals surface area (Å²) < 4.78 is 0. The first-order chi connectivity index (χ1) is 14.1. The number of anilines is 1. The van der Waals surface area contributed by atoms with Crippen molar-refractivity contribution >= 4 is 23.4 Å². The van der Waals surface area contributed by atoms with Crippen molar-refractivity contribution in [2.24, 2.45) is 5.92 Å². The van der Waals surface area contributed by atoms with E-state index in [1.165, 1.54) is 0 Å². The first kappa shape index (κ1) is 19.1. The Labute approximate surface area is 169 Å². The van der Waals surface area contributed by atoms with Crippen LogP contribution in [0.4, 0.5) is 5.69 Å². The number of pyridine rings is 1. The number of carbonyl (C=O) groups is 3. The number of hydrogen-bond acceptors (Lipinski definition) is 4. The van der Waals surface area contributed by atoms with Gasteiger partial charge in [0.25, 0.3) is 0 Å². The van der Waals surface area contributed by atoms with E-state index in [1.807, 2.05) is 30.3 Å². The molecule has 7 nitrogen and oxygen atoms in total. The minimum absolute atomic E-state index is 0.0294. The number of rotatable bonds is 7. The second kappa shape index (κ2) is 8.43. The summed E-state index contributed by atoms with van der Waals surface area (Å²) >= 11 is 0. The molecule has 0 spiro atoms. The third-order valence-electron chi connectivity index (χ3n) is 5.19. The zero-order valence-electron chi connectivity index (χ0n) is 16.1. The molecule has 0 bridgehead atoms. The number of carbonyl (C=O) groups excluding carboxylic acids is 3. The van der Waals surface area contributed by atoms with Crippen molar-refractivity contribution in [3.8, 4) is 0 Å². The van der Waals surface area contributed by atoms with Crippen LogP contribution in [0.1, 0.15) is 30.5 Å². The number of aromatic nitrogens is 1. The maximum atomic E-state index is 12.6. The third-order valence-corrected chi connectivity index (χ3v) is 5.19. The highest BCUT2D eigenvalue weighted by molar-refractivity contribution is 5.97. The third kappa shape index (κ3) is 5.19. The normalized spacial score (nSPS) is 18.6. The molecule has 1 unspecified atom stereocenters. The summed E-state index contributed by atoms with van der Waals surface area (Å²) in [5, 5.41) is 5.84. The molecular formula is C22H24N4O3. The molecule has 3 amide bonds. The van der Waals surface area contributed by atoms with Crippen molar-refractivity contribution in [1.82, 2.24) is 15.2 Å². The van der Waals surface area contributed by atoms with Crippen LogP contribution in [0.15, 0.2) is 48.7 Å². The molecule has 7 heteroatoms. The summed E-state index contributed by atoms with van der Waals surface area (Å²) in [5.74, 6) is -0.550. The van der Waals surface area contributed by atoms with Crippen molar-refractivity contribution in [3.63, 3.8) is 0 Å². The summed E-state index contributed by atoms with van der Waals surface area (Å²) in [5.41, 5.74) is 2.37. The van der Waals surface area contributed by atoms with Crippen LogP contribution < -0.4 is 10.6 Å². The largest absolute Gasteiger partial charge is 0.353 e. The van der Waals surface area contributed by atoms with E-state index < -0.39 is 0 Å². The highest BCUT2D eigenvalue weighted by Gasteiger charge is 2.34. The van der Waals surface area contributed by atoms with Crippen LogP contribution in [-0.2, 0) is 27.3 Å². The Hall–Kier alpha value is -3.22. The van der Waals surface area contributed by atoms with Crippen LogP contribution >= 0.6 is 0 Å². The molecule has 2 fully saturated rings. The lowest BCUT2D eigenvalue weighted by atomic mass is 10.1. The molecule has 1 aliphatic carbocycles. The second-order valence-corrected chi connectivity index (χ2v) is 7.70. The Morgan fingerprint density at radius 3 is 2.59 bits per heavy atom. The van der Waals surface area contributed by atoms with Gasteiger partial charge in [-0.15, -0.1) is 0 Å². The van der Waals surface area contributed by atoms with E-state index in [0.717, 1.165) is 24.1 Å². The van der Waals surface area contributed by atoms with Crippen LogP contribution in [0.3, 0.4) is 0 Å². The summed E-state index contributed by atoms with van der Waals surface area (Å²) in [6.07, 6.45) is 4.38. The van der Waals surface area contributed by atoms with Gasteiger partial charge in [-0.05, 0) is 42.7 Å². The van der Waals surface area contributed by atoms with Crippen molar-refractivity contribution < 1.29 is 14.4 Å². The molecule has 1 atom stereocenters. The van der Waals surface area contributed by atoms with E-state index in [9.17, 15) is 14.4 Å². The standard InChI is InChI=1S/C22H24N4O3/c27-20(24-17-8-9-17)11-15-4-6-18(7-5-15)25-22(29)16-12-21(28)26(13-16)14-19-3-1-2-10-23-19/h1-7,10,16-17H,8-9,11-14H2,(H,24,27)(H,25,29). The average Bonchev–Trinajstić information content (AvgIpc) is 3.45. The van der Waals surface area contributed by atoms with Crippen LogP contribution in [0.2, 0.25) is 0 Å². The summed E-state index contributed by atoms with van der Waals surface area (Å²) in [6, 6.07) is 13.2. The molecule has 4 rings (SSSR count). The van der Waals surface area contributed by atoms with Crippen molar-refractivity contribution in [2.75, 3.05) is 11.9 Å². The Balaban J connectivity index is 1.28. The molecule has 1 aromatic heterocycles. The zero-order chi connectivity index (χ0) is 20.2. The van der Waals surface area contributed by atoms with Crippen molar-refractivity contribution in [1.29, 1.82) is 0 Å². The Bertz CT molecular complexity index is 894. The number of likely N-dealkylation sites (tertiary alicyclic amines) is 1. The first-order valence-corrected chi connectivity index (χ1v) is 9.93. The second-order valence-electron chi connectivity index (χ2n) is 7.70. The van der Waals surface area contributed by atoms with Crippen LogP contribution in [-0.4, -0.2) is 40.2 Å². The van der Waals surface area contributed by atoms with E-state index in [4.69, 9.17) is 0 Å². The molecule has 2 aromatic rings. The molecule has 1 aliphatic heterocycles. The van der Waals surface area contributed by atoms with Gasteiger partial charge in [0, 0.05) is 30.9 Å². The van der Waals surface area contributed by atoms with E-state index in [-0.39, 0.29) is 30.1 Å². The van der Waals surface area contributed by atoms with E-state index in [2.05, 4.69) is 15.6 Å². The van der Waals surface area contributed by atoms with Crippen molar-refractivity contribution in [2.45, 2.75) is 38.3 Å².